The normalized spacial score (nSPS) is 25.0. The van der Waals surface area contributed by atoms with Crippen LogP contribution in [0.25, 0.3) is 55.4 Å². The molecule has 1 spiro atoms. The molecule has 4 atom stereocenters. The molecule has 4 nitrogen and oxygen atoms in total. The highest BCUT2D eigenvalue weighted by Crippen LogP contribution is 2.60. The fraction of sp³-hybridized carbons (Fsp3) is 0.200. The van der Waals surface area contributed by atoms with E-state index in [0.717, 1.165) is 6.42 Å². The molecule has 4 aromatic heterocycles. The molecule has 4 heteroatoms. The quantitative estimate of drug-likeness (QED) is 0.180. The minimum atomic E-state index is -0.320. The van der Waals surface area contributed by atoms with Gasteiger partial charge >= 0.3 is 0 Å². The molecule has 44 heavy (non-hydrogen) atoms. The van der Waals surface area contributed by atoms with Gasteiger partial charge in [-0.05, 0) is 60.6 Å². The standard InChI is InChI=1S/C40H30N4/c1-2-9-24(10-3-1)25-17-21-35-41(23-25)40-32-14-8-13-26(32)29-18-19-30-27-11-4-6-15-33(27)42(38(30)37(29)40)36-22-20-31-28-12-5-7-16-34(28)43(35)39(31)44(36)40/h1-7,9,11-12,15-24,26,32H,8,10,13-14H2/q+2. The summed E-state index contributed by atoms with van der Waals surface area (Å²) in [5.41, 5.74) is 9.54. The topological polar surface area (TPSA) is 17.6 Å². The van der Waals surface area contributed by atoms with E-state index in [-0.39, 0.29) is 5.66 Å². The van der Waals surface area contributed by atoms with E-state index < -0.39 is 0 Å². The van der Waals surface area contributed by atoms with E-state index in [2.05, 4.69) is 134 Å². The Kier molecular flexibility index (Phi) is 3.79. The highest BCUT2D eigenvalue weighted by Gasteiger charge is 2.68. The lowest BCUT2D eigenvalue weighted by molar-refractivity contribution is -0.981. The lowest BCUT2D eigenvalue weighted by Crippen LogP contribution is -2.81. The molecule has 1 saturated carbocycles. The first-order chi connectivity index (χ1) is 21.9. The molecule has 208 valence electrons. The molecule has 7 aromatic rings. The highest BCUT2D eigenvalue weighted by atomic mass is 15.4. The maximum Gasteiger partial charge on any atom is 0.267 e. The molecule has 12 rings (SSSR count). The molecule has 6 heterocycles. The molecular weight excluding hydrogens is 536 g/mol. The molecule has 1 fully saturated rings. The first-order valence-corrected chi connectivity index (χ1v) is 16.3. The number of nitrogens with zero attached hydrogens (tertiary/aromatic N) is 4. The van der Waals surface area contributed by atoms with Crippen molar-refractivity contribution < 1.29 is 9.13 Å². The largest absolute Gasteiger partial charge is 0.267 e. The summed E-state index contributed by atoms with van der Waals surface area (Å²) in [6, 6.07) is 32.7. The first-order valence-electron chi connectivity index (χ1n) is 16.3. The fourth-order valence-corrected chi connectivity index (χ4v) is 10.4. The van der Waals surface area contributed by atoms with Gasteiger partial charge in [-0.15, -0.1) is 0 Å². The van der Waals surface area contributed by atoms with E-state index in [1.165, 1.54) is 80.2 Å². The molecule has 0 amide bonds. The molecule has 0 saturated heterocycles. The lowest BCUT2D eigenvalue weighted by atomic mass is 9.85. The number of allylic oxidation sites excluding steroid dienone is 4. The van der Waals surface area contributed by atoms with Crippen molar-refractivity contribution in [3.63, 3.8) is 0 Å². The predicted octanol–water partition coefficient (Wildman–Crippen LogP) is 7.83. The van der Waals surface area contributed by atoms with Crippen molar-refractivity contribution in [2.45, 2.75) is 43.2 Å². The van der Waals surface area contributed by atoms with Crippen molar-refractivity contribution in [3.8, 4) is 11.6 Å². The number of aromatic nitrogens is 4. The average molecular weight is 567 g/mol. The molecule has 2 aliphatic heterocycles. The van der Waals surface area contributed by atoms with Gasteiger partial charge in [-0.1, -0.05) is 79.3 Å². The van der Waals surface area contributed by atoms with Crippen LogP contribution in [0.5, 0.6) is 0 Å². The first kappa shape index (κ1) is 22.6. The van der Waals surface area contributed by atoms with E-state index in [4.69, 9.17) is 0 Å². The van der Waals surface area contributed by atoms with Crippen LogP contribution in [0.15, 0.2) is 115 Å². The van der Waals surface area contributed by atoms with Gasteiger partial charge in [0.25, 0.3) is 11.5 Å². The Morgan fingerprint density at radius 3 is 2.36 bits per heavy atom. The van der Waals surface area contributed by atoms with Gasteiger partial charge in [-0.3, -0.25) is 0 Å². The van der Waals surface area contributed by atoms with Gasteiger partial charge in [0.05, 0.1) is 17.1 Å². The third kappa shape index (κ3) is 2.26. The monoisotopic (exact) mass is 566 g/mol. The predicted molar refractivity (Wildman–Crippen MR) is 174 cm³/mol. The molecule has 4 unspecified atom stereocenters. The number of hydrogen-bond acceptors (Lipinski definition) is 0. The summed E-state index contributed by atoms with van der Waals surface area (Å²) in [4.78, 5) is 0. The fourth-order valence-electron chi connectivity index (χ4n) is 10.4. The zero-order chi connectivity index (χ0) is 28.3. The molecule has 3 aliphatic carbocycles. The van der Waals surface area contributed by atoms with Crippen molar-refractivity contribution in [1.82, 2.24) is 9.13 Å². The summed E-state index contributed by atoms with van der Waals surface area (Å²) in [6.07, 6.45) is 16.5. The van der Waals surface area contributed by atoms with Crippen LogP contribution < -0.4 is 9.13 Å². The van der Waals surface area contributed by atoms with Crippen LogP contribution in [0.3, 0.4) is 0 Å². The number of pyridine rings is 2. The number of benzene rings is 3. The molecule has 0 bridgehead atoms. The zero-order valence-electron chi connectivity index (χ0n) is 24.3. The number of hydrogen-bond donors (Lipinski definition) is 0. The van der Waals surface area contributed by atoms with Crippen LogP contribution in [-0.4, -0.2) is 9.13 Å². The molecule has 0 radical (unpaired) electrons. The zero-order valence-corrected chi connectivity index (χ0v) is 24.3. The third-order valence-corrected chi connectivity index (χ3v) is 11.9. The maximum absolute atomic E-state index is 2.81. The Hall–Kier alpha value is -4.96. The summed E-state index contributed by atoms with van der Waals surface area (Å²) >= 11 is 0. The summed E-state index contributed by atoms with van der Waals surface area (Å²) in [7, 11) is 0. The van der Waals surface area contributed by atoms with E-state index in [9.17, 15) is 0 Å². The van der Waals surface area contributed by atoms with Gasteiger partial charge in [0.1, 0.15) is 16.6 Å². The van der Waals surface area contributed by atoms with Crippen LogP contribution >= 0.6 is 0 Å². The Morgan fingerprint density at radius 2 is 1.50 bits per heavy atom. The minimum absolute atomic E-state index is 0.320. The molecule has 5 aliphatic rings. The van der Waals surface area contributed by atoms with Crippen molar-refractivity contribution in [2.24, 2.45) is 5.92 Å². The smallest absolute Gasteiger partial charge is 0.224 e. The van der Waals surface area contributed by atoms with Crippen LogP contribution in [0.2, 0.25) is 0 Å². The number of fused-ring (bicyclic) bond motifs is 11. The summed E-state index contributed by atoms with van der Waals surface area (Å²) in [6.45, 7) is 0. The van der Waals surface area contributed by atoms with E-state index in [0.29, 0.717) is 17.8 Å². The van der Waals surface area contributed by atoms with Crippen LogP contribution in [0.4, 0.5) is 0 Å². The van der Waals surface area contributed by atoms with Gasteiger partial charge in [0.15, 0.2) is 0 Å². The molecular formula is C40H30N4+2. The number of rotatable bonds is 1. The summed E-state index contributed by atoms with van der Waals surface area (Å²) < 4.78 is 10.7. The Balaban J connectivity index is 1.37. The van der Waals surface area contributed by atoms with Gasteiger partial charge in [-0.25, -0.2) is 4.57 Å². The minimum Gasteiger partial charge on any atom is -0.224 e. The second-order valence-corrected chi connectivity index (χ2v) is 13.6. The van der Waals surface area contributed by atoms with Crippen LogP contribution in [-0.2, 0) is 5.66 Å². The second kappa shape index (κ2) is 7.39. The Labute approximate surface area is 254 Å². The van der Waals surface area contributed by atoms with Crippen molar-refractivity contribution in [3.05, 3.63) is 132 Å². The summed E-state index contributed by atoms with van der Waals surface area (Å²) in [5, 5.41) is 5.40. The van der Waals surface area contributed by atoms with E-state index in [1.54, 1.807) is 11.1 Å². The molecule has 0 N–H and O–H groups in total. The van der Waals surface area contributed by atoms with Crippen LogP contribution in [0, 0.1) is 5.92 Å². The Bertz CT molecular complexity index is 2540. The van der Waals surface area contributed by atoms with E-state index >= 15 is 0 Å². The van der Waals surface area contributed by atoms with Gasteiger partial charge in [0, 0.05) is 40.1 Å². The second-order valence-electron chi connectivity index (χ2n) is 13.6. The van der Waals surface area contributed by atoms with E-state index in [1.807, 2.05) is 0 Å². The van der Waals surface area contributed by atoms with Crippen molar-refractivity contribution in [2.75, 3.05) is 0 Å². The Morgan fingerprint density at radius 1 is 0.705 bits per heavy atom. The maximum atomic E-state index is 2.81. The third-order valence-electron chi connectivity index (χ3n) is 11.9. The van der Waals surface area contributed by atoms with Crippen molar-refractivity contribution in [1.29, 1.82) is 0 Å². The van der Waals surface area contributed by atoms with Crippen molar-refractivity contribution >= 4 is 43.7 Å². The molecule has 3 aromatic carbocycles. The average Bonchev–Trinajstić information content (AvgIpc) is 3.84. The summed E-state index contributed by atoms with van der Waals surface area (Å²) in [5.74, 6) is 4.02. The van der Waals surface area contributed by atoms with Gasteiger partial charge < -0.3 is 0 Å². The van der Waals surface area contributed by atoms with Gasteiger partial charge in [-0.2, -0.15) is 13.7 Å². The lowest BCUT2D eigenvalue weighted by Gasteiger charge is -2.41. The SMILES string of the molecule is C1=CCC(c2ccc3[n+](c2)C24c5c(ccc6c7ccccc7n(c56)-c5ccc6c7ccccc7n-3c6[n+]52)C2CCCC24)C=C1. The van der Waals surface area contributed by atoms with Crippen LogP contribution in [0.1, 0.15) is 54.2 Å². The number of para-hydroxylation sites is 2. The highest BCUT2D eigenvalue weighted by molar-refractivity contribution is 6.12. The van der Waals surface area contributed by atoms with Gasteiger partial charge in [0.2, 0.25) is 11.5 Å².